The fraction of sp³-hybridized carbons (Fsp3) is 1.00. The zero-order chi connectivity index (χ0) is 4.28. The first-order chi connectivity index (χ1) is 2.27. The molecule has 0 bridgehead atoms. The first-order valence-electron chi connectivity index (χ1n) is 1.05. The monoisotopic (exact) mass is 126 g/mol. The quantitative estimate of drug-likeness (QED) is 0.440. The molecule has 1 nitrogen and oxygen atoms in total. The summed E-state index contributed by atoms with van der Waals surface area (Å²) in [6, 6.07) is 0. The zero-order valence-electron chi connectivity index (χ0n) is 2.55. The van der Waals surface area contributed by atoms with E-state index in [-0.39, 0.29) is 0 Å². The first-order valence-corrected chi connectivity index (χ1v) is 4.23. The molecule has 0 rings (SSSR count). The third-order valence-corrected chi connectivity index (χ3v) is 2.62. The van der Waals surface area contributed by atoms with Crippen molar-refractivity contribution in [3.05, 3.63) is 0 Å². The van der Waals surface area contributed by atoms with Crippen LogP contribution in [-0.2, 0) is 9.78 Å². The molecule has 0 saturated carbocycles. The van der Waals surface area contributed by atoms with Gasteiger partial charge in [-0.05, 0) is 0 Å². The zero-order valence-corrected chi connectivity index (χ0v) is 5.41. The Hall–Kier alpha value is 0.880. The summed E-state index contributed by atoms with van der Waals surface area (Å²) in [6.45, 7) is 0. The molecule has 0 heterocycles. The van der Waals surface area contributed by atoms with Gasteiger partial charge in [0.05, 0.1) is 0 Å². The van der Waals surface area contributed by atoms with E-state index < -0.39 is 9.78 Å². The maximum absolute atomic E-state index is 9.77. The summed E-state index contributed by atoms with van der Waals surface area (Å²) < 4.78 is 9.77. The summed E-state index contributed by atoms with van der Waals surface area (Å²) >= 11 is 0. The maximum atomic E-state index is 9.77. The van der Waals surface area contributed by atoms with E-state index in [1.54, 1.807) is 0 Å². The van der Waals surface area contributed by atoms with Gasteiger partial charge in [0.2, 0.25) is 0 Å². The van der Waals surface area contributed by atoms with E-state index >= 15 is 0 Å². The molecule has 1 unspecified atom stereocenters. The Bertz CT molecular complexity index is 111. The van der Waals surface area contributed by atoms with Crippen LogP contribution >= 0.6 is 17.1 Å². The summed E-state index contributed by atoms with van der Waals surface area (Å²) in [4.78, 5) is 0. The molecule has 0 aliphatic rings. The van der Waals surface area contributed by atoms with E-state index in [4.69, 9.17) is 0 Å². The molecule has 0 aromatic heterocycles. The summed E-state index contributed by atoms with van der Waals surface area (Å²) in [5, 5.41) is 0. The van der Waals surface area contributed by atoms with Gasteiger partial charge < -0.3 is 0 Å². The summed E-state index contributed by atoms with van der Waals surface area (Å²) in [7, 11) is 4.95. The Morgan fingerprint density at radius 1 is 2.00 bits per heavy atom. The van der Waals surface area contributed by atoms with Crippen molar-refractivity contribution >= 4 is 26.8 Å². The average Bonchev–Trinajstić information content (AvgIpc) is 1.38. The third kappa shape index (κ3) is 4.88. The van der Waals surface area contributed by atoms with E-state index in [9.17, 15) is 4.21 Å². The Morgan fingerprint density at radius 3 is 2.20 bits per heavy atom. The minimum absolute atomic E-state index is 0.559. The summed E-state index contributed by atoms with van der Waals surface area (Å²) in [5.74, 6) is 0. The van der Waals surface area contributed by atoms with Crippen molar-refractivity contribution in [2.75, 3.05) is 5.49 Å². The number of rotatable bonds is 0. The van der Waals surface area contributed by atoms with Crippen LogP contribution in [0.5, 0.6) is 0 Å². The fourth-order valence-electron chi connectivity index (χ4n) is 0. The molecule has 0 radical (unpaired) electrons. The normalized spacial score (nSPS) is 7.20. The second-order valence-electron chi connectivity index (χ2n) is 0.488. The van der Waals surface area contributed by atoms with Gasteiger partial charge in [-0.1, -0.05) is 0 Å². The molecule has 0 aliphatic heterocycles. The van der Waals surface area contributed by atoms with Gasteiger partial charge in [0.1, 0.15) is 0 Å². The van der Waals surface area contributed by atoms with Gasteiger partial charge in [0, 0.05) is 0 Å². The van der Waals surface area contributed by atoms with Gasteiger partial charge in [-0.2, -0.15) is 0 Å². The number of hydrogen-bond donors (Lipinski definition) is 0. The van der Waals surface area contributed by atoms with Gasteiger partial charge >= 0.3 is 36.5 Å². The van der Waals surface area contributed by atoms with Crippen LogP contribution in [-0.4, -0.2) is 9.70 Å². The molecular formula is CH4OP2S. The topological polar surface area (TPSA) is 17.1 Å². The standard InChI is InChI=1S/CH4OP2S/c2-5(4)1-3/h1,3H2. The van der Waals surface area contributed by atoms with E-state index in [1.165, 1.54) is 0 Å². The van der Waals surface area contributed by atoms with Gasteiger partial charge in [-0.25, -0.2) is 0 Å². The molecule has 0 amide bonds. The van der Waals surface area contributed by atoms with Crippen LogP contribution in [0, 0.1) is 0 Å². The van der Waals surface area contributed by atoms with Crippen LogP contribution in [0.15, 0.2) is 0 Å². The van der Waals surface area contributed by atoms with Gasteiger partial charge in [0.25, 0.3) is 0 Å². The summed E-state index contributed by atoms with van der Waals surface area (Å²) in [6.07, 6.45) is 0. The van der Waals surface area contributed by atoms with Gasteiger partial charge in [-0.3, -0.25) is 0 Å². The third-order valence-electron chi connectivity index (χ3n) is 0.143. The van der Waals surface area contributed by atoms with Crippen LogP contribution < -0.4 is 0 Å². The predicted molar refractivity (Wildman–Crippen MR) is 29.6 cm³/mol. The van der Waals surface area contributed by atoms with Crippen molar-refractivity contribution in [1.82, 2.24) is 0 Å². The SMILES string of the molecule is O=S(#P)CP. The predicted octanol–water partition coefficient (Wildman–Crippen LogP) is 0.893. The Morgan fingerprint density at radius 2 is 2.20 bits per heavy atom. The van der Waals surface area contributed by atoms with E-state index in [0.29, 0.717) is 5.49 Å². The molecule has 0 saturated heterocycles. The molecule has 5 heavy (non-hydrogen) atoms. The van der Waals surface area contributed by atoms with Crippen molar-refractivity contribution in [2.45, 2.75) is 0 Å². The van der Waals surface area contributed by atoms with Crippen molar-refractivity contribution < 1.29 is 4.21 Å². The molecule has 0 aromatic rings. The van der Waals surface area contributed by atoms with Gasteiger partial charge in [0.15, 0.2) is 0 Å². The van der Waals surface area contributed by atoms with E-state index in [0.717, 1.165) is 0 Å². The number of hydrogen-bond acceptors (Lipinski definition) is 1. The minimum atomic E-state index is -0.915. The molecule has 30 valence electrons. The van der Waals surface area contributed by atoms with Crippen molar-refractivity contribution in [3.8, 4) is 0 Å². The van der Waals surface area contributed by atoms with Crippen LogP contribution in [0.25, 0.3) is 0 Å². The van der Waals surface area contributed by atoms with Crippen molar-refractivity contribution in [2.24, 2.45) is 0 Å². The van der Waals surface area contributed by atoms with E-state index in [1.807, 2.05) is 0 Å². The van der Waals surface area contributed by atoms with E-state index in [2.05, 4.69) is 17.1 Å². The van der Waals surface area contributed by atoms with Crippen LogP contribution in [0.3, 0.4) is 0 Å². The molecule has 4 heteroatoms. The Kier molecular flexibility index (Phi) is 3.63. The molecular weight excluding hydrogens is 122 g/mol. The van der Waals surface area contributed by atoms with Crippen LogP contribution in [0.1, 0.15) is 0 Å². The Labute approximate surface area is 37.3 Å². The van der Waals surface area contributed by atoms with Crippen molar-refractivity contribution in [1.29, 1.82) is 0 Å². The van der Waals surface area contributed by atoms with Crippen LogP contribution in [0.2, 0.25) is 0 Å². The Balaban J connectivity index is 3.39. The first kappa shape index (κ1) is 5.88. The second-order valence-corrected chi connectivity index (χ2v) is 3.69. The molecule has 0 aliphatic carbocycles. The second kappa shape index (κ2) is 3.08. The van der Waals surface area contributed by atoms with Crippen LogP contribution in [0.4, 0.5) is 0 Å². The molecule has 0 fully saturated rings. The average molecular weight is 126 g/mol. The fourth-order valence-corrected chi connectivity index (χ4v) is 0. The molecule has 0 aromatic carbocycles. The van der Waals surface area contributed by atoms with Gasteiger partial charge in [-0.15, -0.1) is 0 Å². The molecule has 0 spiro atoms. The van der Waals surface area contributed by atoms with Crippen molar-refractivity contribution in [3.63, 3.8) is 0 Å². The molecule has 0 N–H and O–H groups in total. The summed E-state index contributed by atoms with van der Waals surface area (Å²) in [5.41, 5.74) is 0.559. The molecule has 1 atom stereocenters.